The Kier molecular flexibility index (Phi) is 225. The van der Waals surface area contributed by atoms with Crippen molar-refractivity contribution < 1.29 is 0 Å². The van der Waals surface area contributed by atoms with Crippen LogP contribution < -0.4 is 0 Å². The molecule has 0 heterocycles. The zero-order chi connectivity index (χ0) is 10.8. The fourth-order valence-electron chi connectivity index (χ4n) is 0. The van der Waals surface area contributed by atoms with Gasteiger partial charge in [-0.1, -0.05) is 21.6 Å². The Bertz CT molecular complexity index is 158. The summed E-state index contributed by atoms with van der Waals surface area (Å²) in [6, 6.07) is 0. The molecule has 0 aromatic rings. The quantitative estimate of drug-likeness (QED) is 0.333. The Labute approximate surface area is 116 Å². The van der Waals surface area contributed by atoms with E-state index in [0.29, 0.717) is 0 Å². The molecule has 0 saturated carbocycles. The van der Waals surface area contributed by atoms with Crippen molar-refractivity contribution in [2.24, 2.45) is 0 Å². The van der Waals surface area contributed by atoms with Gasteiger partial charge in [-0.25, -0.2) is 21.0 Å². The molecule has 0 aliphatic rings. The van der Waals surface area contributed by atoms with Crippen LogP contribution in [0.5, 0.6) is 0 Å². The third-order valence-electron chi connectivity index (χ3n) is 0. The smallest absolute Gasteiger partial charge is 0.696 e. The standard InChI is InChI=1S/4CHNS.Sn/c4*2-1-3;/h4*3H;/q;;;;+4/p-4. The molecule has 0 aromatic carbocycles. The van der Waals surface area contributed by atoms with Crippen LogP contribution in [0.25, 0.3) is 0 Å². The minimum absolute atomic E-state index is 0. The molecule has 0 bridgehead atoms. The van der Waals surface area contributed by atoms with E-state index in [2.05, 4.69) is 50.5 Å². The summed E-state index contributed by atoms with van der Waals surface area (Å²) in [4.78, 5) is 0. The summed E-state index contributed by atoms with van der Waals surface area (Å²) in [6.45, 7) is 0. The van der Waals surface area contributed by atoms with Crippen molar-refractivity contribution in [2.45, 2.75) is 0 Å². The second-order valence-electron chi connectivity index (χ2n) is 0.365. The van der Waals surface area contributed by atoms with Crippen LogP contribution in [0.2, 0.25) is 0 Å². The molecule has 0 atom stereocenters. The van der Waals surface area contributed by atoms with Crippen molar-refractivity contribution in [2.75, 3.05) is 0 Å². The van der Waals surface area contributed by atoms with Gasteiger partial charge in [0.05, 0.1) is 0 Å². The van der Waals surface area contributed by atoms with Gasteiger partial charge in [-0.15, -0.1) is 0 Å². The molecule has 0 aliphatic carbocycles. The predicted octanol–water partition coefficient (Wildman–Crippen LogP) is -0.323. The molecule has 0 radical (unpaired) electrons. The third-order valence-corrected chi connectivity index (χ3v) is 0. The van der Waals surface area contributed by atoms with Gasteiger partial charge in [0.1, 0.15) is 0 Å². The largest absolute Gasteiger partial charge is 4.00 e. The summed E-state index contributed by atoms with van der Waals surface area (Å²) < 4.78 is 0. The molecule has 0 unspecified atom stereocenters. The van der Waals surface area contributed by atoms with E-state index in [1.807, 2.05) is 0 Å². The van der Waals surface area contributed by atoms with Gasteiger partial charge in [0.15, 0.2) is 0 Å². The van der Waals surface area contributed by atoms with E-state index in [0.717, 1.165) is 0 Å². The van der Waals surface area contributed by atoms with Crippen LogP contribution in [-0.4, -0.2) is 23.9 Å². The first-order valence-corrected chi connectivity index (χ1v) is 3.34. The van der Waals surface area contributed by atoms with Crippen LogP contribution in [0.1, 0.15) is 0 Å². The Balaban J connectivity index is -0.0000000213. The molecular formula is C4N4S4Sn. The second kappa shape index (κ2) is 99.5. The van der Waals surface area contributed by atoms with E-state index >= 15 is 0 Å². The van der Waals surface area contributed by atoms with Crippen LogP contribution >= 0.6 is 0 Å². The fraction of sp³-hybridized carbons (Fsp3) is 0. The maximum atomic E-state index is 7.13. The predicted molar refractivity (Wildman–Crippen MR) is 57.7 cm³/mol. The van der Waals surface area contributed by atoms with E-state index in [1.165, 1.54) is 21.6 Å². The Morgan fingerprint density at radius 2 is 0.538 bits per heavy atom. The van der Waals surface area contributed by atoms with Crippen LogP contribution in [0, 0.1) is 42.7 Å². The number of hydrogen-bond donors (Lipinski definition) is 0. The Hall–Kier alpha value is -0.361. The van der Waals surface area contributed by atoms with Gasteiger partial charge in [0, 0.05) is 0 Å². The van der Waals surface area contributed by atoms with Gasteiger partial charge < -0.3 is 50.5 Å². The Morgan fingerprint density at radius 1 is 0.538 bits per heavy atom. The van der Waals surface area contributed by atoms with Gasteiger partial charge in [-0.05, 0) is 0 Å². The minimum atomic E-state index is 0. The van der Waals surface area contributed by atoms with E-state index in [9.17, 15) is 0 Å². The van der Waals surface area contributed by atoms with Crippen molar-refractivity contribution in [3.63, 3.8) is 0 Å². The SMILES string of the molecule is N#C[S-].N#C[S-].N#C[S-].N#C[S-].[Sn+4]. The Morgan fingerprint density at radius 3 is 0.538 bits per heavy atom. The molecule has 0 rings (SSSR count). The zero-order valence-corrected chi connectivity index (χ0v) is 12.0. The van der Waals surface area contributed by atoms with Gasteiger partial charge in [0.2, 0.25) is 0 Å². The number of nitriles is 4. The minimum Gasteiger partial charge on any atom is -0.696 e. The summed E-state index contributed by atoms with van der Waals surface area (Å²) in [5.74, 6) is 0. The van der Waals surface area contributed by atoms with Crippen LogP contribution in [0.3, 0.4) is 0 Å². The van der Waals surface area contributed by atoms with Crippen LogP contribution in [-0.2, 0) is 50.5 Å². The van der Waals surface area contributed by atoms with Crippen LogP contribution in [0.4, 0.5) is 0 Å². The van der Waals surface area contributed by atoms with E-state index < -0.39 is 0 Å². The fourth-order valence-corrected chi connectivity index (χ4v) is 0. The molecule has 4 nitrogen and oxygen atoms in total. The van der Waals surface area contributed by atoms with Gasteiger partial charge in [0.25, 0.3) is 0 Å². The topological polar surface area (TPSA) is 95.2 Å². The summed E-state index contributed by atoms with van der Waals surface area (Å²) in [5.41, 5.74) is 0. The molecule has 9 heteroatoms. The summed E-state index contributed by atoms with van der Waals surface area (Å²) in [5, 5.41) is 33.9. The van der Waals surface area contributed by atoms with Gasteiger partial charge >= 0.3 is 23.9 Å². The van der Waals surface area contributed by atoms with Crippen LogP contribution in [0.15, 0.2) is 0 Å². The van der Waals surface area contributed by atoms with Gasteiger partial charge in [-0.2, -0.15) is 0 Å². The molecule has 0 spiro atoms. The monoisotopic (exact) mass is 352 g/mol. The van der Waals surface area contributed by atoms with E-state index in [1.54, 1.807) is 0 Å². The number of nitrogens with zero attached hydrogens (tertiary/aromatic N) is 4. The first-order chi connectivity index (χ1) is 5.66. The molecule has 0 amide bonds. The van der Waals surface area contributed by atoms with Crippen molar-refractivity contribution in [1.29, 1.82) is 21.0 Å². The zero-order valence-electron chi connectivity index (χ0n) is 5.92. The van der Waals surface area contributed by atoms with Crippen molar-refractivity contribution in [3.8, 4) is 21.6 Å². The molecule has 0 N–H and O–H groups in total. The number of rotatable bonds is 0. The maximum absolute atomic E-state index is 7.13. The average Bonchev–Trinajstić information content (AvgIpc) is 1.92. The summed E-state index contributed by atoms with van der Waals surface area (Å²) in [6.07, 6.45) is 0. The molecule has 0 aromatic heterocycles. The van der Waals surface area contributed by atoms with E-state index in [-0.39, 0.29) is 23.9 Å². The molecule has 0 fully saturated rings. The molecule has 0 saturated heterocycles. The summed E-state index contributed by atoms with van der Waals surface area (Å²) in [7, 11) is 0. The number of hydrogen-bond acceptors (Lipinski definition) is 8. The number of thiocyanates is 4. The molecular weight excluding hydrogens is 351 g/mol. The molecule has 13 heavy (non-hydrogen) atoms. The molecule has 64 valence electrons. The normalized spacial score (nSPS) is 2.15. The van der Waals surface area contributed by atoms with Crippen molar-refractivity contribution >= 4 is 74.4 Å². The van der Waals surface area contributed by atoms with E-state index in [4.69, 9.17) is 21.0 Å². The second-order valence-corrected chi connectivity index (χ2v) is 1.10. The first-order valence-electron chi connectivity index (χ1n) is 1.71. The maximum Gasteiger partial charge on any atom is 4.00 e. The summed E-state index contributed by atoms with van der Waals surface area (Å²) >= 11 is 14.8. The first kappa shape index (κ1) is 29.3. The average molecular weight is 351 g/mol. The van der Waals surface area contributed by atoms with Crippen molar-refractivity contribution in [1.82, 2.24) is 0 Å². The molecule has 0 aliphatic heterocycles. The van der Waals surface area contributed by atoms with Gasteiger partial charge in [-0.3, -0.25) is 0 Å². The third kappa shape index (κ3) is 8280. The van der Waals surface area contributed by atoms with Crippen molar-refractivity contribution in [3.05, 3.63) is 0 Å².